The van der Waals surface area contributed by atoms with Gasteiger partial charge in [-0.2, -0.15) is 0 Å². The Hall–Kier alpha value is -2.98. The summed E-state index contributed by atoms with van der Waals surface area (Å²) in [6, 6.07) is 5.16. The molecule has 10 heteroatoms. The van der Waals surface area contributed by atoms with Crippen LogP contribution in [-0.2, 0) is 14.3 Å². The number of likely N-dealkylation sites (tertiary alicyclic amines) is 2. The Kier molecular flexibility index (Phi) is 8.23. The first-order valence-electron chi connectivity index (χ1n) is 14.0. The third-order valence-electron chi connectivity index (χ3n) is 7.98. The van der Waals surface area contributed by atoms with E-state index < -0.39 is 36.2 Å². The molecule has 9 nitrogen and oxygen atoms in total. The number of hydrogen-bond donors (Lipinski definition) is 1. The Morgan fingerprint density at radius 3 is 2.72 bits per heavy atom. The Labute approximate surface area is 228 Å². The normalized spacial score (nSPS) is 24.9. The van der Waals surface area contributed by atoms with Crippen molar-refractivity contribution >= 4 is 28.6 Å². The van der Waals surface area contributed by atoms with Crippen molar-refractivity contribution in [3.63, 3.8) is 0 Å². The van der Waals surface area contributed by atoms with Gasteiger partial charge >= 0.3 is 0 Å². The molecule has 0 unspecified atom stereocenters. The minimum atomic E-state index is -1.43. The summed E-state index contributed by atoms with van der Waals surface area (Å²) >= 11 is 0. The van der Waals surface area contributed by atoms with Crippen molar-refractivity contribution in [2.24, 2.45) is 11.8 Å². The lowest BCUT2D eigenvalue weighted by Crippen LogP contribution is -2.52. The van der Waals surface area contributed by atoms with Crippen LogP contribution in [0.1, 0.15) is 50.6 Å². The summed E-state index contributed by atoms with van der Waals surface area (Å²) in [5.74, 6) is 0.268. The number of nitrogens with zero attached hydrogens (tertiary/aromatic N) is 2. The fourth-order valence-corrected chi connectivity index (χ4v) is 5.75. The second-order valence-electron chi connectivity index (χ2n) is 11.5. The van der Waals surface area contributed by atoms with Crippen LogP contribution in [0.2, 0.25) is 0 Å². The van der Waals surface area contributed by atoms with E-state index in [2.05, 4.69) is 17.1 Å². The second kappa shape index (κ2) is 11.6. The van der Waals surface area contributed by atoms with Crippen LogP contribution >= 0.6 is 0 Å². The molecule has 0 bridgehead atoms. The first-order chi connectivity index (χ1) is 18.7. The van der Waals surface area contributed by atoms with E-state index in [1.165, 1.54) is 17.7 Å². The van der Waals surface area contributed by atoms with Gasteiger partial charge in [0.15, 0.2) is 11.5 Å². The molecular weight excluding hydrogens is 505 g/mol. The van der Waals surface area contributed by atoms with Gasteiger partial charge in [-0.25, -0.2) is 4.39 Å². The van der Waals surface area contributed by atoms with E-state index in [1.807, 2.05) is 26.0 Å². The number of alkyl halides is 1. The fraction of sp³-hybridized carbons (Fsp3) is 0.621. The number of halogens is 1. The summed E-state index contributed by atoms with van der Waals surface area (Å²) in [4.78, 5) is 42.5. The maximum absolute atomic E-state index is 14.5. The highest BCUT2D eigenvalue weighted by Crippen LogP contribution is 2.31. The van der Waals surface area contributed by atoms with Gasteiger partial charge in [-0.3, -0.25) is 19.3 Å². The number of furan rings is 1. The zero-order valence-corrected chi connectivity index (χ0v) is 22.9. The molecule has 4 heterocycles. The predicted octanol–water partition coefficient (Wildman–Crippen LogP) is 3.20. The monoisotopic (exact) mass is 543 g/mol. The average molecular weight is 544 g/mol. The molecule has 2 aromatic rings. The van der Waals surface area contributed by atoms with Crippen LogP contribution < -0.4 is 10.1 Å². The van der Waals surface area contributed by atoms with E-state index in [0.29, 0.717) is 29.7 Å². The molecule has 0 aliphatic carbocycles. The molecule has 0 saturated carbocycles. The summed E-state index contributed by atoms with van der Waals surface area (Å²) < 4.78 is 31.5. The van der Waals surface area contributed by atoms with Crippen LogP contribution in [-0.4, -0.2) is 91.1 Å². The quantitative estimate of drug-likeness (QED) is 0.518. The topological polar surface area (TPSA) is 101 Å². The maximum Gasteiger partial charge on any atom is 0.287 e. The van der Waals surface area contributed by atoms with Crippen LogP contribution in [0.4, 0.5) is 4.39 Å². The van der Waals surface area contributed by atoms with Crippen molar-refractivity contribution in [2.45, 2.75) is 64.4 Å². The number of piperidine rings is 1. The molecule has 1 aromatic heterocycles. The number of fused-ring (bicyclic) bond motifs is 2. The number of carbonyl (C=O) groups is 3. The zero-order valence-electron chi connectivity index (χ0n) is 22.9. The number of ether oxygens (including phenoxy) is 2. The molecule has 5 rings (SSSR count). The number of nitrogens with one attached hydrogen (secondary N) is 1. The van der Waals surface area contributed by atoms with Crippen LogP contribution in [0.25, 0.3) is 11.0 Å². The molecule has 3 aliphatic heterocycles. The van der Waals surface area contributed by atoms with E-state index in [9.17, 15) is 18.8 Å². The van der Waals surface area contributed by atoms with Gasteiger partial charge < -0.3 is 24.1 Å². The Morgan fingerprint density at radius 1 is 1.21 bits per heavy atom. The number of rotatable bonds is 9. The number of ketones is 1. The van der Waals surface area contributed by atoms with Crippen molar-refractivity contribution in [3.8, 4) is 5.75 Å². The van der Waals surface area contributed by atoms with Crippen molar-refractivity contribution in [3.05, 3.63) is 30.0 Å². The fourth-order valence-electron chi connectivity index (χ4n) is 5.75. The van der Waals surface area contributed by atoms with Crippen molar-refractivity contribution in [2.75, 3.05) is 39.4 Å². The second-order valence-corrected chi connectivity index (χ2v) is 11.5. The molecule has 3 saturated heterocycles. The number of amides is 2. The minimum absolute atomic E-state index is 0.0640. The first-order valence-corrected chi connectivity index (χ1v) is 14.0. The van der Waals surface area contributed by atoms with Gasteiger partial charge in [0.05, 0.1) is 6.54 Å². The van der Waals surface area contributed by atoms with Gasteiger partial charge in [0.1, 0.15) is 48.9 Å². The highest BCUT2D eigenvalue weighted by molar-refractivity contribution is 6.00. The maximum atomic E-state index is 14.5. The number of Topliss-reactive ketones (excluding diaryl/α,β-unsaturated/α-hetero) is 1. The highest BCUT2D eigenvalue weighted by Gasteiger charge is 2.53. The van der Waals surface area contributed by atoms with Gasteiger partial charge in [0.2, 0.25) is 5.91 Å². The lowest BCUT2D eigenvalue weighted by atomic mass is 9.99. The van der Waals surface area contributed by atoms with E-state index in [0.717, 1.165) is 25.6 Å². The third-order valence-corrected chi connectivity index (χ3v) is 7.98. The Balaban J connectivity index is 1.23. The minimum Gasteiger partial charge on any atom is -0.492 e. The molecular formula is C29H38FN3O6. The highest BCUT2D eigenvalue weighted by atomic mass is 19.1. The molecule has 3 aliphatic rings. The average Bonchev–Trinajstić information content (AvgIpc) is 3.59. The number of benzene rings is 1. The van der Waals surface area contributed by atoms with Crippen LogP contribution in [0.3, 0.4) is 0 Å². The molecule has 4 atom stereocenters. The molecule has 3 fully saturated rings. The molecule has 0 spiro atoms. The predicted molar refractivity (Wildman–Crippen MR) is 142 cm³/mol. The Bertz CT molecular complexity index is 1210. The van der Waals surface area contributed by atoms with Gasteiger partial charge in [-0.1, -0.05) is 20.8 Å². The lowest BCUT2D eigenvalue weighted by Gasteiger charge is -2.29. The van der Waals surface area contributed by atoms with Crippen LogP contribution in [0, 0.1) is 11.8 Å². The SMILES string of the molecule is CC(C)C[C@H](NC(=O)c1cc2cc(OCCN3CCC(C)CC3)ccc2o1)C(=O)N1C[C@H](F)[C@H]2OCC(=O)[C@H]21. The smallest absolute Gasteiger partial charge is 0.287 e. The molecule has 2 amide bonds. The molecule has 212 valence electrons. The van der Waals surface area contributed by atoms with E-state index in [4.69, 9.17) is 13.9 Å². The molecule has 1 aromatic carbocycles. The number of hydrogen-bond acceptors (Lipinski definition) is 7. The summed E-state index contributed by atoms with van der Waals surface area (Å²) in [7, 11) is 0. The third kappa shape index (κ3) is 6.11. The van der Waals surface area contributed by atoms with Gasteiger partial charge in [-0.15, -0.1) is 0 Å². The molecule has 39 heavy (non-hydrogen) atoms. The van der Waals surface area contributed by atoms with E-state index in [1.54, 1.807) is 12.1 Å². The number of carbonyl (C=O) groups excluding carboxylic acids is 3. The largest absolute Gasteiger partial charge is 0.492 e. The van der Waals surface area contributed by atoms with Crippen LogP contribution in [0.5, 0.6) is 5.75 Å². The van der Waals surface area contributed by atoms with Gasteiger partial charge in [0.25, 0.3) is 5.91 Å². The summed E-state index contributed by atoms with van der Waals surface area (Å²) in [5.41, 5.74) is 0.528. The van der Waals surface area contributed by atoms with E-state index in [-0.39, 0.29) is 30.6 Å². The zero-order chi connectivity index (χ0) is 27.7. The van der Waals surface area contributed by atoms with Crippen molar-refractivity contribution in [1.82, 2.24) is 15.1 Å². The molecule has 0 radical (unpaired) electrons. The Morgan fingerprint density at radius 2 is 1.97 bits per heavy atom. The van der Waals surface area contributed by atoms with Gasteiger partial charge in [-0.05, 0) is 68.5 Å². The van der Waals surface area contributed by atoms with Crippen LogP contribution in [0.15, 0.2) is 28.7 Å². The van der Waals surface area contributed by atoms with Gasteiger partial charge in [0, 0.05) is 11.9 Å². The van der Waals surface area contributed by atoms with Crippen molar-refractivity contribution in [1.29, 1.82) is 0 Å². The molecule has 1 N–H and O–H groups in total. The summed E-state index contributed by atoms with van der Waals surface area (Å²) in [5, 5.41) is 3.48. The summed E-state index contributed by atoms with van der Waals surface area (Å²) in [6.07, 6.45) is 0.399. The van der Waals surface area contributed by atoms with Crippen molar-refractivity contribution < 1.29 is 32.7 Å². The standard InChI is InChI=1S/C29H38FN3O6/c1-17(2)12-22(29(36)33-15-21(30)27-26(33)23(34)16-38-27)31-28(35)25-14-19-13-20(4-5-24(19)39-25)37-11-10-32-8-6-18(3)7-9-32/h4-5,13-14,17-18,21-22,26-27H,6-12,15-16H2,1-3H3,(H,31,35)/t21-,22-,26+,27+/m0/s1. The first kappa shape index (κ1) is 27.6. The van der Waals surface area contributed by atoms with E-state index >= 15 is 0 Å². The lowest BCUT2D eigenvalue weighted by molar-refractivity contribution is -0.138. The summed E-state index contributed by atoms with van der Waals surface area (Å²) in [6.45, 7) is 9.36.